The fourth-order valence-electron chi connectivity index (χ4n) is 2.23. The standard InChI is InChI=1S/C15H18N2O4/c1-16(2)13(18)5-4-8-17-12-9-10(21-3)6-7-11(12)14(19)15(17)20/h6-7,9H,4-5,8H2,1-3H3. The van der Waals surface area contributed by atoms with E-state index in [1.807, 2.05) is 0 Å². The Morgan fingerprint density at radius 1 is 1.29 bits per heavy atom. The number of Topliss-reactive ketones (excluding diaryl/α,β-unsaturated/α-hetero) is 1. The first-order chi connectivity index (χ1) is 9.95. The van der Waals surface area contributed by atoms with Gasteiger partial charge in [-0.3, -0.25) is 14.4 Å². The average molecular weight is 290 g/mol. The maximum absolute atomic E-state index is 12.0. The SMILES string of the molecule is COc1ccc2c(c1)N(CCCC(=O)N(C)C)C(=O)C2=O. The van der Waals surface area contributed by atoms with E-state index in [1.165, 1.54) is 16.9 Å². The number of anilines is 1. The molecule has 0 spiro atoms. The fourth-order valence-corrected chi connectivity index (χ4v) is 2.23. The third kappa shape index (κ3) is 2.89. The van der Waals surface area contributed by atoms with Crippen LogP contribution in [0.2, 0.25) is 0 Å². The lowest BCUT2D eigenvalue weighted by molar-refractivity contribution is -0.128. The van der Waals surface area contributed by atoms with E-state index in [1.54, 1.807) is 32.3 Å². The molecule has 21 heavy (non-hydrogen) atoms. The number of methoxy groups -OCH3 is 1. The van der Waals surface area contributed by atoms with Crippen LogP contribution in [0.25, 0.3) is 0 Å². The van der Waals surface area contributed by atoms with Gasteiger partial charge in [-0.15, -0.1) is 0 Å². The molecule has 0 saturated carbocycles. The van der Waals surface area contributed by atoms with Gasteiger partial charge in [-0.1, -0.05) is 0 Å². The molecule has 0 bridgehead atoms. The molecule has 1 aromatic carbocycles. The molecule has 1 heterocycles. The van der Waals surface area contributed by atoms with Crippen molar-refractivity contribution in [3.63, 3.8) is 0 Å². The van der Waals surface area contributed by atoms with Crippen molar-refractivity contribution >= 4 is 23.3 Å². The Kier molecular flexibility index (Phi) is 4.26. The number of fused-ring (bicyclic) bond motifs is 1. The maximum Gasteiger partial charge on any atom is 0.299 e. The zero-order valence-corrected chi connectivity index (χ0v) is 12.4. The minimum atomic E-state index is -0.546. The Balaban J connectivity index is 2.12. The predicted octanol–water partition coefficient (Wildman–Crippen LogP) is 1.09. The van der Waals surface area contributed by atoms with Crippen molar-refractivity contribution in [3.05, 3.63) is 23.8 Å². The molecule has 0 fully saturated rings. The molecule has 6 heteroatoms. The Morgan fingerprint density at radius 2 is 2.00 bits per heavy atom. The monoisotopic (exact) mass is 290 g/mol. The van der Waals surface area contributed by atoms with E-state index in [0.29, 0.717) is 36.4 Å². The molecule has 1 aromatic rings. The number of ketones is 1. The minimum absolute atomic E-state index is 0.00108. The quantitative estimate of drug-likeness (QED) is 0.761. The van der Waals surface area contributed by atoms with Crippen LogP contribution in [-0.2, 0) is 9.59 Å². The van der Waals surface area contributed by atoms with E-state index >= 15 is 0 Å². The number of amides is 2. The van der Waals surface area contributed by atoms with Gasteiger partial charge in [-0.25, -0.2) is 0 Å². The van der Waals surface area contributed by atoms with Gasteiger partial charge in [0.1, 0.15) is 5.75 Å². The van der Waals surface area contributed by atoms with Gasteiger partial charge in [-0.2, -0.15) is 0 Å². The van der Waals surface area contributed by atoms with Gasteiger partial charge in [0, 0.05) is 33.1 Å². The zero-order chi connectivity index (χ0) is 15.6. The maximum atomic E-state index is 12.0. The average Bonchev–Trinajstić information content (AvgIpc) is 2.71. The van der Waals surface area contributed by atoms with Crippen molar-refractivity contribution in [2.24, 2.45) is 0 Å². The highest BCUT2D eigenvalue weighted by molar-refractivity contribution is 6.52. The summed E-state index contributed by atoms with van der Waals surface area (Å²) in [6, 6.07) is 4.92. The molecular formula is C15H18N2O4. The highest BCUT2D eigenvalue weighted by Gasteiger charge is 2.35. The number of carbonyl (C=O) groups is 3. The molecular weight excluding hydrogens is 272 g/mol. The largest absolute Gasteiger partial charge is 0.497 e. The Hall–Kier alpha value is -2.37. The summed E-state index contributed by atoms with van der Waals surface area (Å²) in [7, 11) is 4.90. The van der Waals surface area contributed by atoms with E-state index in [4.69, 9.17) is 4.74 Å². The van der Waals surface area contributed by atoms with E-state index in [0.717, 1.165) is 0 Å². The Bertz CT molecular complexity index is 595. The third-order valence-electron chi connectivity index (χ3n) is 3.45. The summed E-state index contributed by atoms with van der Waals surface area (Å²) in [5.41, 5.74) is 0.946. The van der Waals surface area contributed by atoms with Crippen LogP contribution < -0.4 is 9.64 Å². The van der Waals surface area contributed by atoms with E-state index < -0.39 is 11.7 Å². The number of nitrogens with zero attached hydrogens (tertiary/aromatic N) is 2. The molecule has 0 aromatic heterocycles. The molecule has 1 aliphatic rings. The molecule has 112 valence electrons. The van der Waals surface area contributed by atoms with Gasteiger partial charge in [-0.05, 0) is 18.6 Å². The summed E-state index contributed by atoms with van der Waals surface area (Å²) in [5.74, 6) is -0.466. The second-order valence-electron chi connectivity index (χ2n) is 5.06. The number of ether oxygens (including phenoxy) is 1. The molecule has 0 N–H and O–H groups in total. The van der Waals surface area contributed by atoms with Crippen LogP contribution in [-0.4, -0.2) is 50.2 Å². The van der Waals surface area contributed by atoms with Crippen molar-refractivity contribution in [2.75, 3.05) is 32.6 Å². The van der Waals surface area contributed by atoms with E-state index in [2.05, 4.69) is 0 Å². The molecule has 6 nitrogen and oxygen atoms in total. The number of hydrogen-bond acceptors (Lipinski definition) is 4. The highest BCUT2D eigenvalue weighted by atomic mass is 16.5. The van der Waals surface area contributed by atoms with E-state index in [-0.39, 0.29) is 5.91 Å². The predicted molar refractivity (Wildman–Crippen MR) is 77.6 cm³/mol. The summed E-state index contributed by atoms with van der Waals surface area (Å²) < 4.78 is 5.12. The third-order valence-corrected chi connectivity index (χ3v) is 3.45. The summed E-state index contributed by atoms with van der Waals surface area (Å²) >= 11 is 0. The number of benzene rings is 1. The lowest BCUT2D eigenvalue weighted by atomic mass is 10.1. The number of hydrogen-bond donors (Lipinski definition) is 0. The van der Waals surface area contributed by atoms with E-state index in [9.17, 15) is 14.4 Å². The molecule has 0 atom stereocenters. The number of rotatable bonds is 5. The van der Waals surface area contributed by atoms with Crippen LogP contribution in [0.5, 0.6) is 5.75 Å². The Labute approximate surface area is 123 Å². The summed E-state index contributed by atoms with van der Waals surface area (Å²) in [4.78, 5) is 38.4. The van der Waals surface area contributed by atoms with Crippen LogP contribution in [0, 0.1) is 0 Å². The molecule has 2 rings (SSSR count). The van der Waals surface area contributed by atoms with Crippen molar-refractivity contribution in [3.8, 4) is 5.75 Å². The number of carbonyl (C=O) groups excluding carboxylic acids is 3. The van der Waals surface area contributed by atoms with Crippen molar-refractivity contribution < 1.29 is 19.1 Å². The van der Waals surface area contributed by atoms with Gasteiger partial charge in [0.2, 0.25) is 5.91 Å². The first kappa shape index (κ1) is 15.0. The second kappa shape index (κ2) is 5.95. The first-order valence-electron chi connectivity index (χ1n) is 6.70. The van der Waals surface area contributed by atoms with Crippen LogP contribution in [0.3, 0.4) is 0 Å². The van der Waals surface area contributed by atoms with Gasteiger partial charge in [0.25, 0.3) is 11.7 Å². The topological polar surface area (TPSA) is 66.9 Å². The molecule has 1 aliphatic heterocycles. The lowest BCUT2D eigenvalue weighted by Gasteiger charge is -2.17. The summed E-state index contributed by atoms with van der Waals surface area (Å²) in [5, 5.41) is 0. The van der Waals surface area contributed by atoms with Crippen LogP contribution in [0.4, 0.5) is 5.69 Å². The van der Waals surface area contributed by atoms with Crippen molar-refractivity contribution in [1.29, 1.82) is 0 Å². The molecule has 2 amide bonds. The van der Waals surface area contributed by atoms with Crippen molar-refractivity contribution in [2.45, 2.75) is 12.8 Å². The molecule has 0 aliphatic carbocycles. The molecule has 0 unspecified atom stereocenters. The smallest absolute Gasteiger partial charge is 0.299 e. The van der Waals surface area contributed by atoms with Gasteiger partial charge >= 0.3 is 0 Å². The lowest BCUT2D eigenvalue weighted by Crippen LogP contribution is -2.31. The molecule has 0 saturated heterocycles. The fraction of sp³-hybridized carbons (Fsp3) is 0.400. The van der Waals surface area contributed by atoms with Crippen LogP contribution in [0.15, 0.2) is 18.2 Å². The van der Waals surface area contributed by atoms with Crippen LogP contribution >= 0.6 is 0 Å². The van der Waals surface area contributed by atoms with Crippen LogP contribution in [0.1, 0.15) is 23.2 Å². The Morgan fingerprint density at radius 3 is 2.62 bits per heavy atom. The highest BCUT2D eigenvalue weighted by Crippen LogP contribution is 2.32. The van der Waals surface area contributed by atoms with Gasteiger partial charge < -0.3 is 14.5 Å². The summed E-state index contributed by atoms with van der Waals surface area (Å²) in [6.45, 7) is 0.338. The minimum Gasteiger partial charge on any atom is -0.497 e. The summed E-state index contributed by atoms with van der Waals surface area (Å²) in [6.07, 6.45) is 0.844. The zero-order valence-electron chi connectivity index (χ0n) is 12.4. The first-order valence-corrected chi connectivity index (χ1v) is 6.70. The van der Waals surface area contributed by atoms with Gasteiger partial charge in [0.05, 0.1) is 18.4 Å². The van der Waals surface area contributed by atoms with Gasteiger partial charge in [0.15, 0.2) is 0 Å². The van der Waals surface area contributed by atoms with Crippen molar-refractivity contribution in [1.82, 2.24) is 4.90 Å². The second-order valence-corrected chi connectivity index (χ2v) is 5.06. The normalized spacial score (nSPS) is 13.4. The molecule has 0 radical (unpaired) electrons.